The quantitative estimate of drug-likeness (QED) is 0.511. The smallest absolute Gasteiger partial charge is 0.261 e. The van der Waals surface area contributed by atoms with Crippen molar-refractivity contribution in [2.24, 2.45) is 0 Å². The predicted octanol–water partition coefficient (Wildman–Crippen LogP) is 3.17. The first-order valence-electron chi connectivity index (χ1n) is 10.2. The van der Waals surface area contributed by atoms with E-state index in [9.17, 15) is 19.2 Å². The van der Waals surface area contributed by atoms with E-state index in [1.165, 1.54) is 9.80 Å². The molecule has 0 bridgehead atoms. The zero-order chi connectivity index (χ0) is 22.6. The monoisotopic (exact) mass is 425 g/mol. The molecular formula is C25H19N3O4. The van der Waals surface area contributed by atoms with Gasteiger partial charge in [-0.05, 0) is 47.9 Å². The Morgan fingerprint density at radius 2 is 0.938 bits per heavy atom. The number of benzene rings is 3. The number of hydrogen-bond donors (Lipinski definition) is 1. The Balaban J connectivity index is 1.39. The molecule has 0 fully saturated rings. The molecule has 7 nitrogen and oxygen atoms in total. The summed E-state index contributed by atoms with van der Waals surface area (Å²) in [5.41, 5.74) is 10.4. The second-order valence-corrected chi connectivity index (χ2v) is 7.91. The highest BCUT2D eigenvalue weighted by molar-refractivity contribution is 6.22. The molecule has 0 aromatic heterocycles. The van der Waals surface area contributed by atoms with Crippen LogP contribution in [-0.2, 0) is 13.1 Å². The molecule has 4 amide bonds. The molecule has 7 heteroatoms. The molecular weight excluding hydrogens is 406 g/mol. The van der Waals surface area contributed by atoms with Crippen molar-refractivity contribution >= 4 is 29.3 Å². The molecule has 0 unspecified atom stereocenters. The molecule has 5 rings (SSSR count). The van der Waals surface area contributed by atoms with Crippen molar-refractivity contribution in [3.63, 3.8) is 0 Å². The summed E-state index contributed by atoms with van der Waals surface area (Å²) in [5, 5.41) is 0. The highest BCUT2D eigenvalue weighted by atomic mass is 16.2. The fourth-order valence-corrected chi connectivity index (χ4v) is 4.25. The minimum absolute atomic E-state index is 0.0479. The van der Waals surface area contributed by atoms with E-state index in [-0.39, 0.29) is 36.7 Å². The van der Waals surface area contributed by atoms with Gasteiger partial charge in [0.25, 0.3) is 23.6 Å². The molecule has 3 aromatic carbocycles. The van der Waals surface area contributed by atoms with Crippen LogP contribution in [0.3, 0.4) is 0 Å². The number of carbonyl (C=O) groups excluding carboxylic acids is 4. The van der Waals surface area contributed by atoms with Crippen LogP contribution in [0.1, 0.15) is 58.1 Å². The Bertz CT molecular complexity index is 1170. The first-order chi connectivity index (χ1) is 15.4. The largest absolute Gasteiger partial charge is 0.398 e. The molecule has 2 heterocycles. The van der Waals surface area contributed by atoms with Crippen LogP contribution in [-0.4, -0.2) is 33.4 Å². The molecule has 32 heavy (non-hydrogen) atoms. The molecule has 0 aliphatic carbocycles. The standard InChI is InChI=1S/C25H19N3O4/c1-14-15(12-27-22(29)17-6-2-3-7-18(17)23(27)30)10-11-16(21(14)26)13-28-24(31)19-8-4-5-9-20(19)25(28)32/h2-11H,12-13,26H2,1H3. The molecule has 2 aliphatic heterocycles. The Hall–Kier alpha value is -4.26. The van der Waals surface area contributed by atoms with Gasteiger partial charge in [-0.2, -0.15) is 0 Å². The summed E-state index contributed by atoms with van der Waals surface area (Å²) in [7, 11) is 0. The zero-order valence-corrected chi connectivity index (χ0v) is 17.3. The minimum Gasteiger partial charge on any atom is -0.398 e. The van der Waals surface area contributed by atoms with Gasteiger partial charge in [-0.15, -0.1) is 0 Å². The third-order valence-electron chi connectivity index (χ3n) is 6.13. The number of nitrogen functional groups attached to an aromatic ring is 1. The van der Waals surface area contributed by atoms with E-state index in [1.807, 2.05) is 0 Å². The lowest BCUT2D eigenvalue weighted by Gasteiger charge is -2.20. The fraction of sp³-hybridized carbons (Fsp3) is 0.120. The Labute approximate surface area is 184 Å². The number of imide groups is 2. The summed E-state index contributed by atoms with van der Waals surface area (Å²) in [6.45, 7) is 1.94. The van der Waals surface area contributed by atoms with Crippen molar-refractivity contribution in [1.82, 2.24) is 9.80 Å². The Morgan fingerprint density at radius 1 is 0.594 bits per heavy atom. The number of hydrogen-bond acceptors (Lipinski definition) is 5. The SMILES string of the molecule is Cc1c(CN2C(=O)c3ccccc3C2=O)ccc(CN2C(=O)c3ccccc3C2=O)c1N. The van der Waals surface area contributed by atoms with Crippen LogP contribution < -0.4 is 5.73 Å². The van der Waals surface area contributed by atoms with Gasteiger partial charge in [0.2, 0.25) is 0 Å². The molecule has 2 N–H and O–H groups in total. The second-order valence-electron chi connectivity index (χ2n) is 7.91. The van der Waals surface area contributed by atoms with E-state index in [1.54, 1.807) is 67.6 Å². The Kier molecular flexibility index (Phi) is 4.41. The predicted molar refractivity (Wildman–Crippen MR) is 117 cm³/mol. The van der Waals surface area contributed by atoms with Crippen LogP contribution in [0.2, 0.25) is 0 Å². The number of fused-ring (bicyclic) bond motifs is 2. The maximum atomic E-state index is 12.7. The highest BCUT2D eigenvalue weighted by Crippen LogP contribution is 2.30. The summed E-state index contributed by atoms with van der Waals surface area (Å²) in [5.74, 6) is -1.37. The van der Waals surface area contributed by atoms with Crippen LogP contribution >= 0.6 is 0 Å². The number of nitrogens with zero attached hydrogens (tertiary/aromatic N) is 2. The normalized spacial score (nSPS) is 14.9. The van der Waals surface area contributed by atoms with E-state index < -0.39 is 0 Å². The van der Waals surface area contributed by atoms with Crippen LogP contribution in [0.5, 0.6) is 0 Å². The zero-order valence-electron chi connectivity index (χ0n) is 17.3. The van der Waals surface area contributed by atoms with Crippen LogP contribution in [0.15, 0.2) is 60.7 Å². The van der Waals surface area contributed by atoms with Gasteiger partial charge in [-0.3, -0.25) is 29.0 Å². The molecule has 3 aromatic rings. The van der Waals surface area contributed by atoms with Crippen molar-refractivity contribution in [1.29, 1.82) is 0 Å². The summed E-state index contributed by atoms with van der Waals surface area (Å²) in [6, 6.07) is 17.0. The first kappa shape index (κ1) is 19.7. The van der Waals surface area contributed by atoms with Crippen molar-refractivity contribution < 1.29 is 19.2 Å². The summed E-state index contributed by atoms with van der Waals surface area (Å²) >= 11 is 0. The third kappa shape index (κ3) is 2.82. The lowest BCUT2D eigenvalue weighted by molar-refractivity contribution is 0.0626. The molecule has 2 aliphatic rings. The van der Waals surface area contributed by atoms with E-state index in [4.69, 9.17) is 5.73 Å². The summed E-state index contributed by atoms with van der Waals surface area (Å²) < 4.78 is 0. The van der Waals surface area contributed by atoms with Crippen LogP contribution in [0.25, 0.3) is 0 Å². The maximum Gasteiger partial charge on any atom is 0.261 e. The van der Waals surface area contributed by atoms with Crippen molar-refractivity contribution in [2.75, 3.05) is 5.73 Å². The van der Waals surface area contributed by atoms with Gasteiger partial charge in [0.15, 0.2) is 0 Å². The summed E-state index contributed by atoms with van der Waals surface area (Å²) in [6.07, 6.45) is 0. The number of nitrogens with two attached hydrogens (primary N) is 1. The van der Waals surface area contributed by atoms with Gasteiger partial charge in [0.05, 0.1) is 35.3 Å². The Morgan fingerprint density at radius 3 is 1.34 bits per heavy atom. The number of anilines is 1. The average molecular weight is 425 g/mol. The van der Waals surface area contributed by atoms with Gasteiger partial charge in [-0.25, -0.2) is 0 Å². The van der Waals surface area contributed by atoms with Gasteiger partial charge < -0.3 is 5.73 Å². The van der Waals surface area contributed by atoms with Gasteiger partial charge in [0.1, 0.15) is 0 Å². The third-order valence-corrected chi connectivity index (χ3v) is 6.13. The van der Waals surface area contributed by atoms with Crippen LogP contribution in [0.4, 0.5) is 5.69 Å². The van der Waals surface area contributed by atoms with Crippen molar-refractivity contribution in [3.8, 4) is 0 Å². The summed E-state index contributed by atoms with van der Waals surface area (Å²) in [4.78, 5) is 53.1. The maximum absolute atomic E-state index is 12.7. The molecule has 0 atom stereocenters. The number of carbonyl (C=O) groups is 4. The number of amides is 4. The first-order valence-corrected chi connectivity index (χ1v) is 10.2. The molecule has 158 valence electrons. The van der Waals surface area contributed by atoms with E-state index in [2.05, 4.69) is 0 Å². The van der Waals surface area contributed by atoms with Crippen LogP contribution in [0, 0.1) is 6.92 Å². The van der Waals surface area contributed by atoms with Gasteiger partial charge in [0, 0.05) is 5.69 Å². The molecule has 0 saturated carbocycles. The minimum atomic E-state index is -0.349. The van der Waals surface area contributed by atoms with E-state index >= 15 is 0 Å². The molecule has 0 saturated heterocycles. The highest BCUT2D eigenvalue weighted by Gasteiger charge is 2.37. The lowest BCUT2D eigenvalue weighted by atomic mass is 10.0. The van der Waals surface area contributed by atoms with Gasteiger partial charge in [-0.1, -0.05) is 36.4 Å². The fourth-order valence-electron chi connectivity index (χ4n) is 4.25. The molecule has 0 spiro atoms. The van der Waals surface area contributed by atoms with E-state index in [0.29, 0.717) is 39.1 Å². The average Bonchev–Trinajstić information content (AvgIpc) is 3.19. The molecule has 0 radical (unpaired) electrons. The lowest BCUT2D eigenvalue weighted by Crippen LogP contribution is -2.30. The van der Waals surface area contributed by atoms with Gasteiger partial charge >= 0.3 is 0 Å². The van der Waals surface area contributed by atoms with Crippen molar-refractivity contribution in [2.45, 2.75) is 20.0 Å². The van der Waals surface area contributed by atoms with E-state index in [0.717, 1.165) is 5.56 Å². The number of rotatable bonds is 4. The second kappa shape index (κ2) is 7.16. The topological polar surface area (TPSA) is 101 Å². The van der Waals surface area contributed by atoms with Crippen molar-refractivity contribution in [3.05, 3.63) is 99.6 Å².